The second-order valence-corrected chi connectivity index (χ2v) is 7.07. The number of aromatic nitrogens is 4. The second kappa shape index (κ2) is 9.36. The van der Waals surface area contributed by atoms with Crippen LogP contribution in [0, 0.1) is 6.92 Å². The van der Waals surface area contributed by atoms with Gasteiger partial charge < -0.3 is 20.1 Å². The fourth-order valence-corrected chi connectivity index (χ4v) is 3.07. The van der Waals surface area contributed by atoms with Gasteiger partial charge in [-0.25, -0.2) is 14.8 Å². The highest BCUT2D eigenvalue weighted by atomic mass is 35.5. The lowest BCUT2D eigenvalue weighted by Gasteiger charge is -2.12. The van der Waals surface area contributed by atoms with Gasteiger partial charge in [-0.2, -0.15) is 4.98 Å². The molecule has 0 aliphatic carbocycles. The summed E-state index contributed by atoms with van der Waals surface area (Å²) in [6.07, 6.45) is 5.11. The third-order valence-corrected chi connectivity index (χ3v) is 4.55. The topological polar surface area (TPSA) is 103 Å². The smallest absolute Gasteiger partial charge is 0.323 e. The van der Waals surface area contributed by atoms with Crippen molar-refractivity contribution in [2.75, 3.05) is 17.7 Å². The van der Waals surface area contributed by atoms with Crippen molar-refractivity contribution in [2.24, 2.45) is 0 Å². The van der Waals surface area contributed by atoms with Crippen molar-refractivity contribution in [3.8, 4) is 23.2 Å². The van der Waals surface area contributed by atoms with Crippen LogP contribution in [-0.4, -0.2) is 32.7 Å². The molecule has 0 bridgehead atoms. The number of halogens is 1. The normalized spacial score (nSPS) is 10.5. The molecule has 0 fully saturated rings. The quantitative estimate of drug-likeness (QED) is 0.425. The number of rotatable bonds is 6. The zero-order chi connectivity index (χ0) is 22.5. The summed E-state index contributed by atoms with van der Waals surface area (Å²) >= 11 is 6.00. The third-order valence-electron chi connectivity index (χ3n) is 4.31. The Morgan fingerprint density at radius 2 is 1.88 bits per heavy atom. The lowest BCUT2D eigenvalue weighted by atomic mass is 10.3. The number of anilines is 2. The van der Waals surface area contributed by atoms with E-state index in [0.717, 1.165) is 0 Å². The third kappa shape index (κ3) is 5.13. The summed E-state index contributed by atoms with van der Waals surface area (Å²) in [7, 11) is 1.52. The van der Waals surface area contributed by atoms with Crippen LogP contribution in [0.5, 0.6) is 17.4 Å². The summed E-state index contributed by atoms with van der Waals surface area (Å²) in [6.45, 7) is 1.79. The molecule has 10 heteroatoms. The monoisotopic (exact) mass is 450 g/mol. The number of hydrogen-bond donors (Lipinski definition) is 2. The predicted molar refractivity (Wildman–Crippen MR) is 121 cm³/mol. The number of hydrogen-bond acceptors (Lipinski definition) is 6. The maximum Gasteiger partial charge on any atom is 0.323 e. The number of aryl methyl sites for hydroxylation is 1. The lowest BCUT2D eigenvalue weighted by molar-refractivity contribution is 0.262. The summed E-state index contributed by atoms with van der Waals surface area (Å²) in [6, 6.07) is 13.1. The Morgan fingerprint density at radius 1 is 1.06 bits per heavy atom. The molecule has 4 rings (SSSR count). The van der Waals surface area contributed by atoms with Crippen molar-refractivity contribution in [2.45, 2.75) is 6.92 Å². The number of benzene rings is 2. The first kappa shape index (κ1) is 21.1. The number of carbonyl (C=O) groups excluding carboxylic acids is 1. The fourth-order valence-electron chi connectivity index (χ4n) is 2.89. The molecule has 0 radical (unpaired) electrons. The molecule has 0 atom stereocenters. The van der Waals surface area contributed by atoms with Crippen molar-refractivity contribution in [3.63, 3.8) is 0 Å². The van der Waals surface area contributed by atoms with Gasteiger partial charge in [-0.1, -0.05) is 11.6 Å². The van der Waals surface area contributed by atoms with Crippen LogP contribution in [0.25, 0.3) is 5.82 Å². The molecule has 4 aromatic rings. The number of nitrogens with one attached hydrogen (secondary N) is 2. The van der Waals surface area contributed by atoms with Crippen LogP contribution >= 0.6 is 11.6 Å². The van der Waals surface area contributed by atoms with Gasteiger partial charge in [0.1, 0.15) is 29.5 Å². The van der Waals surface area contributed by atoms with Crippen LogP contribution in [0.1, 0.15) is 5.82 Å². The summed E-state index contributed by atoms with van der Waals surface area (Å²) in [5, 5.41) is 5.95. The lowest BCUT2D eigenvalue weighted by Crippen LogP contribution is -2.19. The van der Waals surface area contributed by atoms with Gasteiger partial charge in [0.2, 0.25) is 5.88 Å². The first-order valence-electron chi connectivity index (χ1n) is 9.53. The largest absolute Gasteiger partial charge is 0.495 e. The highest BCUT2D eigenvalue weighted by Gasteiger charge is 2.10. The van der Waals surface area contributed by atoms with Crippen molar-refractivity contribution in [1.82, 2.24) is 19.5 Å². The van der Waals surface area contributed by atoms with E-state index >= 15 is 0 Å². The molecule has 0 saturated carbocycles. The molecule has 0 aliphatic rings. The Bertz CT molecular complexity index is 1230. The van der Waals surface area contributed by atoms with Gasteiger partial charge in [-0.3, -0.25) is 4.57 Å². The van der Waals surface area contributed by atoms with Crippen LogP contribution < -0.4 is 20.1 Å². The molecule has 0 spiro atoms. The molecule has 2 heterocycles. The predicted octanol–water partition coefficient (Wildman–Crippen LogP) is 5.07. The van der Waals surface area contributed by atoms with E-state index in [-0.39, 0.29) is 0 Å². The number of methoxy groups -OCH3 is 1. The fraction of sp³-hybridized carbons (Fsp3) is 0.0909. The Labute approximate surface area is 189 Å². The zero-order valence-electron chi connectivity index (χ0n) is 17.2. The molecule has 162 valence electrons. The average molecular weight is 451 g/mol. The molecule has 2 aromatic heterocycles. The Morgan fingerprint density at radius 3 is 2.59 bits per heavy atom. The van der Waals surface area contributed by atoms with Gasteiger partial charge >= 0.3 is 6.03 Å². The van der Waals surface area contributed by atoms with Crippen LogP contribution in [0.15, 0.2) is 67.3 Å². The molecular formula is C22H19ClN6O3. The van der Waals surface area contributed by atoms with E-state index in [1.165, 1.54) is 7.11 Å². The molecule has 2 amide bonds. The molecular weight excluding hydrogens is 432 g/mol. The van der Waals surface area contributed by atoms with Gasteiger partial charge in [0.15, 0.2) is 0 Å². The van der Waals surface area contributed by atoms with Crippen molar-refractivity contribution in [1.29, 1.82) is 0 Å². The Balaban J connectivity index is 1.42. The molecule has 32 heavy (non-hydrogen) atoms. The minimum Gasteiger partial charge on any atom is -0.495 e. The SMILES string of the molecule is COc1ccc(Cl)cc1NC(=O)Nc1ccc(Oc2cc(-n3ccnc3)nc(C)n2)cc1. The zero-order valence-corrected chi connectivity index (χ0v) is 18.0. The van der Waals surface area contributed by atoms with Crippen LogP contribution in [0.3, 0.4) is 0 Å². The maximum absolute atomic E-state index is 12.3. The highest BCUT2D eigenvalue weighted by Crippen LogP contribution is 2.28. The first-order valence-corrected chi connectivity index (χ1v) is 9.91. The van der Waals surface area contributed by atoms with Crippen molar-refractivity contribution in [3.05, 3.63) is 78.1 Å². The summed E-state index contributed by atoms with van der Waals surface area (Å²) in [5.74, 6) is 2.67. The number of imidazole rings is 1. The van der Waals surface area contributed by atoms with Crippen LogP contribution in [-0.2, 0) is 0 Å². The number of ether oxygens (including phenoxy) is 2. The molecule has 2 N–H and O–H groups in total. The number of carbonyl (C=O) groups is 1. The van der Waals surface area contributed by atoms with E-state index in [9.17, 15) is 4.79 Å². The van der Waals surface area contributed by atoms with Crippen LogP contribution in [0.2, 0.25) is 5.02 Å². The average Bonchev–Trinajstić information content (AvgIpc) is 3.30. The van der Waals surface area contributed by atoms with Gasteiger partial charge in [-0.05, 0) is 49.4 Å². The van der Waals surface area contributed by atoms with Crippen molar-refractivity contribution < 1.29 is 14.3 Å². The standard InChI is InChI=1S/C22H19ClN6O3/c1-14-25-20(29-10-9-24-13-29)12-21(26-14)32-17-6-4-16(5-7-17)27-22(30)28-18-11-15(23)3-8-19(18)31-2/h3-13H,1-2H3,(H2,27,28,30). The Kier molecular flexibility index (Phi) is 6.18. The minimum atomic E-state index is -0.435. The number of urea groups is 1. The van der Waals surface area contributed by atoms with E-state index in [2.05, 4.69) is 25.6 Å². The first-order chi connectivity index (χ1) is 15.5. The highest BCUT2D eigenvalue weighted by molar-refractivity contribution is 6.31. The van der Waals surface area contributed by atoms with Gasteiger partial charge in [-0.15, -0.1) is 0 Å². The number of nitrogens with zero attached hydrogens (tertiary/aromatic N) is 4. The molecule has 2 aromatic carbocycles. The Hall–Kier alpha value is -4.11. The van der Waals surface area contributed by atoms with Crippen molar-refractivity contribution >= 4 is 29.0 Å². The minimum absolute atomic E-state index is 0.396. The molecule has 9 nitrogen and oxygen atoms in total. The summed E-state index contributed by atoms with van der Waals surface area (Å²) in [4.78, 5) is 25.1. The van der Waals surface area contributed by atoms with E-state index in [1.54, 1.807) is 78.7 Å². The van der Waals surface area contributed by atoms with E-state index in [0.29, 0.717) is 45.4 Å². The molecule has 0 aliphatic heterocycles. The van der Waals surface area contributed by atoms with Crippen LogP contribution in [0.4, 0.5) is 16.2 Å². The summed E-state index contributed by atoms with van der Waals surface area (Å²) < 4.78 is 12.8. The van der Waals surface area contributed by atoms with E-state index < -0.39 is 6.03 Å². The number of amides is 2. The van der Waals surface area contributed by atoms with Gasteiger partial charge in [0.05, 0.1) is 12.8 Å². The van der Waals surface area contributed by atoms with E-state index in [1.807, 2.05) is 0 Å². The van der Waals surface area contributed by atoms with Gasteiger partial charge in [0.25, 0.3) is 0 Å². The molecule has 0 saturated heterocycles. The summed E-state index contributed by atoms with van der Waals surface area (Å²) in [5.41, 5.74) is 1.04. The second-order valence-electron chi connectivity index (χ2n) is 6.63. The van der Waals surface area contributed by atoms with Gasteiger partial charge in [0, 0.05) is 29.2 Å². The molecule has 0 unspecified atom stereocenters. The maximum atomic E-state index is 12.3. The van der Waals surface area contributed by atoms with E-state index in [4.69, 9.17) is 21.1 Å².